The molecule has 0 radical (unpaired) electrons. The van der Waals surface area contributed by atoms with Gasteiger partial charge in [-0.1, -0.05) is 35.9 Å². The van der Waals surface area contributed by atoms with Crippen LogP contribution in [0.25, 0.3) is 0 Å². The quantitative estimate of drug-likeness (QED) is 0.530. The lowest BCUT2D eigenvalue weighted by molar-refractivity contribution is 0.102. The first-order valence-electron chi connectivity index (χ1n) is 8.22. The molecule has 0 aliphatic rings. The Balaban J connectivity index is 1.84. The molecule has 0 saturated carbocycles. The van der Waals surface area contributed by atoms with Gasteiger partial charge in [0, 0.05) is 16.3 Å². The number of rotatable bonds is 6. The molecule has 0 aliphatic carbocycles. The lowest BCUT2D eigenvalue weighted by Gasteiger charge is -2.12. The van der Waals surface area contributed by atoms with Crippen molar-refractivity contribution in [1.29, 1.82) is 0 Å². The lowest BCUT2D eigenvalue weighted by Crippen LogP contribution is -2.15. The zero-order valence-electron chi connectivity index (χ0n) is 14.8. The van der Waals surface area contributed by atoms with Crippen LogP contribution in [0.15, 0.2) is 82.6 Å². The van der Waals surface area contributed by atoms with Gasteiger partial charge in [0.25, 0.3) is 15.9 Å². The van der Waals surface area contributed by atoms with Crippen LogP contribution in [-0.2, 0) is 10.0 Å². The van der Waals surface area contributed by atoms with E-state index in [1.165, 1.54) is 30.3 Å². The molecule has 0 aliphatic heterocycles. The summed E-state index contributed by atoms with van der Waals surface area (Å²) in [4.78, 5) is 13.8. The van der Waals surface area contributed by atoms with E-state index < -0.39 is 15.9 Å². The van der Waals surface area contributed by atoms with Gasteiger partial charge in [-0.25, -0.2) is 8.42 Å². The van der Waals surface area contributed by atoms with E-state index >= 15 is 0 Å². The zero-order chi connectivity index (χ0) is 20.1. The number of anilines is 2. The third-order valence-corrected chi connectivity index (χ3v) is 6.30. The minimum absolute atomic E-state index is 0.129. The summed E-state index contributed by atoms with van der Waals surface area (Å²) in [7, 11) is -3.76. The van der Waals surface area contributed by atoms with Gasteiger partial charge in [-0.05, 0) is 54.8 Å². The Morgan fingerprint density at radius 1 is 0.929 bits per heavy atom. The molecule has 0 aromatic heterocycles. The van der Waals surface area contributed by atoms with Crippen LogP contribution in [0.5, 0.6) is 0 Å². The molecule has 28 heavy (non-hydrogen) atoms. The second-order valence-electron chi connectivity index (χ2n) is 5.80. The second kappa shape index (κ2) is 8.68. The van der Waals surface area contributed by atoms with E-state index in [1.807, 2.05) is 24.5 Å². The maximum Gasteiger partial charge on any atom is 0.261 e. The van der Waals surface area contributed by atoms with Gasteiger partial charge >= 0.3 is 0 Å². The van der Waals surface area contributed by atoms with Crippen molar-refractivity contribution in [3.05, 3.63) is 83.4 Å². The number of nitrogens with one attached hydrogen (secondary N) is 2. The number of carbonyl (C=O) groups excluding carboxylic acids is 1. The molecule has 0 spiro atoms. The molecule has 8 heteroatoms. The van der Waals surface area contributed by atoms with Crippen LogP contribution in [0.4, 0.5) is 11.4 Å². The molecule has 0 unspecified atom stereocenters. The van der Waals surface area contributed by atoms with Crippen molar-refractivity contribution < 1.29 is 13.2 Å². The van der Waals surface area contributed by atoms with Gasteiger partial charge in [-0.2, -0.15) is 0 Å². The van der Waals surface area contributed by atoms with Gasteiger partial charge in [0.2, 0.25) is 0 Å². The van der Waals surface area contributed by atoms with Crippen molar-refractivity contribution in [2.45, 2.75) is 9.79 Å². The Morgan fingerprint density at radius 2 is 1.68 bits per heavy atom. The number of halogens is 1. The molecular weight excluding hydrogens is 416 g/mol. The normalized spacial score (nSPS) is 11.1. The Morgan fingerprint density at radius 3 is 2.39 bits per heavy atom. The van der Waals surface area contributed by atoms with Crippen LogP contribution in [-0.4, -0.2) is 20.6 Å². The fourth-order valence-electron chi connectivity index (χ4n) is 2.48. The highest BCUT2D eigenvalue weighted by Gasteiger charge is 2.17. The Hall–Kier alpha value is -2.48. The number of benzene rings is 3. The maximum atomic E-state index is 12.6. The van der Waals surface area contributed by atoms with Crippen molar-refractivity contribution in [1.82, 2.24) is 0 Å². The van der Waals surface area contributed by atoms with Gasteiger partial charge in [0.1, 0.15) is 0 Å². The molecule has 5 nitrogen and oxygen atoms in total. The lowest BCUT2D eigenvalue weighted by atomic mass is 10.2. The summed E-state index contributed by atoms with van der Waals surface area (Å²) >= 11 is 7.72. The van der Waals surface area contributed by atoms with Crippen molar-refractivity contribution in [3.63, 3.8) is 0 Å². The van der Waals surface area contributed by atoms with Crippen LogP contribution < -0.4 is 10.0 Å². The fraction of sp³-hybridized carbons (Fsp3) is 0.0500. The van der Waals surface area contributed by atoms with E-state index in [0.29, 0.717) is 5.69 Å². The fourth-order valence-corrected chi connectivity index (χ4v) is 4.21. The number of hydrogen-bond acceptors (Lipinski definition) is 4. The summed E-state index contributed by atoms with van der Waals surface area (Å²) in [5.74, 6) is -0.427. The molecule has 0 atom stereocenters. The minimum atomic E-state index is -3.76. The largest absolute Gasteiger partial charge is 0.322 e. The summed E-state index contributed by atoms with van der Waals surface area (Å²) in [6.45, 7) is 0. The summed E-state index contributed by atoms with van der Waals surface area (Å²) in [6.07, 6.45) is 1.94. The molecule has 3 aromatic carbocycles. The molecule has 0 saturated heterocycles. The number of thioether (sulfide) groups is 1. The molecule has 0 heterocycles. The van der Waals surface area contributed by atoms with Crippen molar-refractivity contribution >= 4 is 50.7 Å². The zero-order valence-corrected chi connectivity index (χ0v) is 17.2. The Kier molecular flexibility index (Phi) is 6.28. The minimum Gasteiger partial charge on any atom is -0.322 e. The topological polar surface area (TPSA) is 75.3 Å². The molecule has 3 rings (SSSR count). The van der Waals surface area contributed by atoms with Crippen LogP contribution in [0.3, 0.4) is 0 Å². The van der Waals surface area contributed by atoms with E-state index in [4.69, 9.17) is 11.6 Å². The standard InChI is InChI=1S/C20H17ClN2O3S2/c1-27-16-7-5-6-14(12-16)22-20(24)18-13-15(10-11-19(18)21)23-28(25,26)17-8-3-2-4-9-17/h2-13,23H,1H3,(H,22,24). The monoisotopic (exact) mass is 432 g/mol. The van der Waals surface area contributed by atoms with E-state index in [-0.39, 0.29) is 21.2 Å². The predicted octanol–water partition coefficient (Wildman–Crippen LogP) is 5.12. The third-order valence-electron chi connectivity index (χ3n) is 3.84. The van der Waals surface area contributed by atoms with Crippen LogP contribution >= 0.6 is 23.4 Å². The van der Waals surface area contributed by atoms with Gasteiger partial charge < -0.3 is 5.32 Å². The molecule has 144 valence electrons. The van der Waals surface area contributed by atoms with Gasteiger partial charge in [-0.3, -0.25) is 9.52 Å². The molecule has 3 aromatic rings. The average Bonchev–Trinajstić information content (AvgIpc) is 2.70. The maximum absolute atomic E-state index is 12.6. The van der Waals surface area contributed by atoms with E-state index in [2.05, 4.69) is 10.0 Å². The van der Waals surface area contributed by atoms with Crippen LogP contribution in [0, 0.1) is 0 Å². The molecular formula is C20H17ClN2O3S2. The molecule has 0 fully saturated rings. The smallest absolute Gasteiger partial charge is 0.261 e. The van der Waals surface area contributed by atoms with Gasteiger partial charge in [0.05, 0.1) is 15.5 Å². The summed E-state index contributed by atoms with van der Waals surface area (Å²) in [5.41, 5.74) is 1.05. The average molecular weight is 433 g/mol. The summed E-state index contributed by atoms with van der Waals surface area (Å²) < 4.78 is 27.4. The third kappa shape index (κ3) is 4.86. The van der Waals surface area contributed by atoms with Gasteiger partial charge in [0.15, 0.2) is 0 Å². The number of amides is 1. The molecule has 2 N–H and O–H groups in total. The molecule has 0 bridgehead atoms. The van der Waals surface area contributed by atoms with Crippen molar-refractivity contribution in [3.8, 4) is 0 Å². The van der Waals surface area contributed by atoms with Crippen LogP contribution in [0.1, 0.15) is 10.4 Å². The van der Waals surface area contributed by atoms with Gasteiger partial charge in [-0.15, -0.1) is 11.8 Å². The SMILES string of the molecule is CSc1cccc(NC(=O)c2cc(NS(=O)(=O)c3ccccc3)ccc2Cl)c1. The summed E-state index contributed by atoms with van der Waals surface area (Å²) in [5, 5.41) is 3.00. The van der Waals surface area contributed by atoms with E-state index in [9.17, 15) is 13.2 Å². The second-order valence-corrected chi connectivity index (χ2v) is 8.77. The number of hydrogen-bond donors (Lipinski definition) is 2. The first-order valence-corrected chi connectivity index (χ1v) is 11.3. The molecule has 1 amide bonds. The first-order chi connectivity index (χ1) is 13.4. The highest BCUT2D eigenvalue weighted by molar-refractivity contribution is 7.98. The predicted molar refractivity (Wildman–Crippen MR) is 115 cm³/mol. The van der Waals surface area contributed by atoms with Crippen molar-refractivity contribution in [2.75, 3.05) is 16.3 Å². The Labute approximate surface area is 173 Å². The number of sulfonamides is 1. The highest BCUT2D eigenvalue weighted by atomic mass is 35.5. The Bertz CT molecular complexity index is 1100. The van der Waals surface area contributed by atoms with Crippen LogP contribution in [0.2, 0.25) is 5.02 Å². The summed E-state index contributed by atoms with van der Waals surface area (Å²) in [6, 6.07) is 19.8. The number of carbonyl (C=O) groups is 1. The highest BCUT2D eigenvalue weighted by Crippen LogP contribution is 2.25. The van der Waals surface area contributed by atoms with Crippen molar-refractivity contribution in [2.24, 2.45) is 0 Å². The van der Waals surface area contributed by atoms with E-state index in [1.54, 1.807) is 36.0 Å². The first kappa shape index (κ1) is 20.3. The van der Waals surface area contributed by atoms with E-state index in [0.717, 1.165) is 4.90 Å².